The van der Waals surface area contributed by atoms with Crippen LogP contribution in [0.4, 0.5) is 32.0 Å². The average Bonchev–Trinajstić information content (AvgIpc) is 3.54. The van der Waals surface area contributed by atoms with Crippen LogP contribution in [0.15, 0.2) is 65.9 Å². The van der Waals surface area contributed by atoms with E-state index in [0.717, 1.165) is 55.0 Å². The third-order valence-electron chi connectivity index (χ3n) is 7.54. The molecule has 2 amide bonds. The molecular formula is C34H33F6N3O3. The number of hydrogen-bond acceptors (Lipinski definition) is 4. The Morgan fingerprint density at radius 1 is 1.04 bits per heavy atom. The molecule has 1 saturated heterocycles. The summed E-state index contributed by atoms with van der Waals surface area (Å²) in [6, 6.07) is 10.9. The first kappa shape index (κ1) is 34.4. The van der Waals surface area contributed by atoms with Crippen LogP contribution in [0.5, 0.6) is 0 Å². The van der Waals surface area contributed by atoms with Crippen molar-refractivity contribution in [1.82, 2.24) is 10.3 Å². The minimum Gasteiger partial charge on any atom is -0.377 e. The molecule has 2 heterocycles. The van der Waals surface area contributed by atoms with E-state index in [2.05, 4.69) is 15.6 Å². The van der Waals surface area contributed by atoms with Crippen molar-refractivity contribution in [2.24, 2.45) is 0 Å². The number of hydrogen-bond donors (Lipinski definition) is 2. The number of ether oxygens (including phenoxy) is 1. The van der Waals surface area contributed by atoms with Crippen LogP contribution in [0.2, 0.25) is 0 Å². The lowest BCUT2D eigenvalue weighted by atomic mass is 9.91. The van der Waals surface area contributed by atoms with Crippen molar-refractivity contribution in [3.63, 3.8) is 0 Å². The highest BCUT2D eigenvalue weighted by Crippen LogP contribution is 2.35. The van der Waals surface area contributed by atoms with Gasteiger partial charge < -0.3 is 15.4 Å². The number of nitrogens with zero attached hydrogens (tertiary/aromatic N) is 1. The van der Waals surface area contributed by atoms with Gasteiger partial charge in [0.05, 0.1) is 24.3 Å². The fraction of sp³-hybridized carbons (Fsp3) is 0.324. The van der Waals surface area contributed by atoms with Gasteiger partial charge in [0.1, 0.15) is 5.69 Å². The molecule has 244 valence electrons. The Labute approximate surface area is 262 Å². The van der Waals surface area contributed by atoms with Crippen LogP contribution in [-0.4, -0.2) is 35.7 Å². The van der Waals surface area contributed by atoms with Crippen LogP contribution in [-0.2, 0) is 22.3 Å². The molecule has 3 aromatic rings. The minimum atomic E-state index is -4.49. The molecule has 0 atom stereocenters. The molecule has 46 heavy (non-hydrogen) atoms. The molecule has 2 aromatic carbocycles. The second kappa shape index (κ2) is 13.9. The van der Waals surface area contributed by atoms with E-state index in [9.17, 15) is 35.9 Å². The quantitative estimate of drug-likeness (QED) is 0.182. The maximum atomic E-state index is 13.9. The largest absolute Gasteiger partial charge is 0.416 e. The summed E-state index contributed by atoms with van der Waals surface area (Å²) >= 11 is 0. The molecule has 0 bridgehead atoms. The predicted molar refractivity (Wildman–Crippen MR) is 163 cm³/mol. The zero-order valence-electron chi connectivity index (χ0n) is 25.6. The van der Waals surface area contributed by atoms with E-state index in [-0.39, 0.29) is 17.8 Å². The van der Waals surface area contributed by atoms with E-state index in [4.69, 9.17) is 4.74 Å². The molecule has 0 aliphatic carbocycles. The molecule has 4 rings (SSSR count). The Morgan fingerprint density at radius 2 is 1.74 bits per heavy atom. The Hall–Kier alpha value is -4.45. The van der Waals surface area contributed by atoms with E-state index in [0.29, 0.717) is 36.3 Å². The second-order valence-corrected chi connectivity index (χ2v) is 11.4. The van der Waals surface area contributed by atoms with Gasteiger partial charge in [0.2, 0.25) is 0 Å². The van der Waals surface area contributed by atoms with Crippen LogP contribution < -0.4 is 10.6 Å². The van der Waals surface area contributed by atoms with Gasteiger partial charge >= 0.3 is 6.18 Å². The number of rotatable bonds is 9. The Morgan fingerprint density at radius 3 is 2.33 bits per heavy atom. The first-order valence-corrected chi connectivity index (χ1v) is 14.4. The van der Waals surface area contributed by atoms with Crippen molar-refractivity contribution in [1.29, 1.82) is 0 Å². The zero-order valence-corrected chi connectivity index (χ0v) is 25.6. The third kappa shape index (κ3) is 8.42. The summed E-state index contributed by atoms with van der Waals surface area (Å²) in [5.74, 6) is -1.80. The van der Waals surface area contributed by atoms with Gasteiger partial charge in [-0.2, -0.15) is 13.2 Å². The van der Waals surface area contributed by atoms with Crippen LogP contribution in [0.3, 0.4) is 0 Å². The number of amides is 2. The van der Waals surface area contributed by atoms with Crippen LogP contribution in [0.1, 0.15) is 77.5 Å². The molecule has 1 aliphatic rings. The van der Waals surface area contributed by atoms with Gasteiger partial charge in [-0.05, 0) is 109 Å². The van der Waals surface area contributed by atoms with E-state index in [1.807, 2.05) is 13.8 Å². The third-order valence-corrected chi connectivity index (χ3v) is 7.54. The Kier molecular flexibility index (Phi) is 10.4. The summed E-state index contributed by atoms with van der Waals surface area (Å²) in [5.41, 5.74) is 0.814. The molecular weight excluding hydrogens is 612 g/mol. The number of benzene rings is 2. The van der Waals surface area contributed by atoms with Gasteiger partial charge in [-0.25, -0.2) is 13.2 Å². The lowest BCUT2D eigenvalue weighted by Crippen LogP contribution is -2.38. The standard InChI is InChI=1S/C34H33F6N3O3/c1-19-5-10-26(43-31(44)28-13-21(16-41-29(28)30(35)36)17-42-32(45)33(3,4)37)14-24(19)15-27(20(2)23-11-12-46-18-23)22-6-8-25(9-7-22)34(38,39)40/h5-10,13-16,30H,11-12,17-18H2,1-4H3,(H,42,45)(H,43,44)/b23-20+,27-15+. The summed E-state index contributed by atoms with van der Waals surface area (Å²) in [6.07, 6.45) is -4.01. The summed E-state index contributed by atoms with van der Waals surface area (Å²) in [5, 5.41) is 4.95. The van der Waals surface area contributed by atoms with Gasteiger partial charge in [-0.15, -0.1) is 0 Å². The molecule has 1 aliphatic heterocycles. The molecule has 1 fully saturated rings. The van der Waals surface area contributed by atoms with Crippen LogP contribution in [0.25, 0.3) is 11.6 Å². The number of nitrogens with one attached hydrogen (secondary N) is 2. The SMILES string of the molecule is CC(/C(=C\c1cc(NC(=O)c2cc(CNC(=O)C(C)(C)F)cnc2C(F)F)ccc1C)c1ccc(C(F)(F)F)cc1)=C1/CCOC1. The van der Waals surface area contributed by atoms with E-state index in [1.54, 1.807) is 24.3 Å². The van der Waals surface area contributed by atoms with Crippen molar-refractivity contribution in [3.05, 3.63) is 105 Å². The summed E-state index contributed by atoms with van der Waals surface area (Å²) in [7, 11) is 0. The van der Waals surface area contributed by atoms with Crippen molar-refractivity contribution in [2.45, 2.75) is 58.9 Å². The van der Waals surface area contributed by atoms with E-state index in [1.165, 1.54) is 12.1 Å². The highest BCUT2D eigenvalue weighted by atomic mass is 19.4. The number of carbonyl (C=O) groups excluding carboxylic acids is 2. The highest BCUT2D eigenvalue weighted by molar-refractivity contribution is 6.05. The maximum Gasteiger partial charge on any atom is 0.416 e. The highest BCUT2D eigenvalue weighted by Gasteiger charge is 2.30. The summed E-state index contributed by atoms with van der Waals surface area (Å²) in [4.78, 5) is 28.9. The fourth-order valence-electron chi connectivity index (χ4n) is 4.79. The number of pyridine rings is 1. The smallest absolute Gasteiger partial charge is 0.377 e. The summed E-state index contributed by atoms with van der Waals surface area (Å²) in [6.45, 7) is 6.51. The van der Waals surface area contributed by atoms with Gasteiger partial charge in [-0.3, -0.25) is 14.6 Å². The number of aryl methyl sites for hydroxylation is 1. The molecule has 1 aromatic heterocycles. The topological polar surface area (TPSA) is 80.3 Å². The predicted octanol–water partition coefficient (Wildman–Crippen LogP) is 8.24. The first-order chi connectivity index (χ1) is 21.5. The van der Waals surface area contributed by atoms with E-state index < -0.39 is 46.9 Å². The molecule has 12 heteroatoms. The molecule has 0 saturated carbocycles. The van der Waals surface area contributed by atoms with Gasteiger partial charge in [0.15, 0.2) is 5.67 Å². The van der Waals surface area contributed by atoms with E-state index >= 15 is 0 Å². The molecule has 0 spiro atoms. The monoisotopic (exact) mass is 645 g/mol. The number of halogens is 6. The summed E-state index contributed by atoms with van der Waals surface area (Å²) < 4.78 is 86.7. The van der Waals surface area contributed by atoms with Crippen molar-refractivity contribution in [2.75, 3.05) is 18.5 Å². The van der Waals surface area contributed by atoms with Crippen molar-refractivity contribution < 1.29 is 40.7 Å². The number of allylic oxidation sites excluding steroid dienone is 2. The van der Waals surface area contributed by atoms with Gasteiger partial charge in [0.25, 0.3) is 18.2 Å². The number of carbonyl (C=O) groups is 2. The minimum absolute atomic E-state index is 0.209. The second-order valence-electron chi connectivity index (χ2n) is 11.4. The Bertz CT molecular complexity index is 1660. The lowest BCUT2D eigenvalue weighted by molar-refractivity contribution is -0.137. The zero-order chi connectivity index (χ0) is 33.8. The lowest BCUT2D eigenvalue weighted by Gasteiger charge is -2.16. The number of aromatic nitrogens is 1. The molecule has 6 nitrogen and oxygen atoms in total. The van der Waals surface area contributed by atoms with Gasteiger partial charge in [-0.1, -0.05) is 18.2 Å². The van der Waals surface area contributed by atoms with Crippen molar-refractivity contribution >= 4 is 29.2 Å². The van der Waals surface area contributed by atoms with Gasteiger partial charge in [0, 0.05) is 18.4 Å². The van der Waals surface area contributed by atoms with Crippen molar-refractivity contribution in [3.8, 4) is 0 Å². The molecule has 2 N–H and O–H groups in total. The van der Waals surface area contributed by atoms with Crippen LogP contribution >= 0.6 is 0 Å². The average molecular weight is 646 g/mol. The first-order valence-electron chi connectivity index (χ1n) is 14.4. The normalized spacial score (nSPS) is 15.2. The fourth-order valence-corrected chi connectivity index (χ4v) is 4.79. The molecule has 0 unspecified atom stereocenters. The maximum absolute atomic E-state index is 13.9. The number of alkyl halides is 6. The molecule has 0 radical (unpaired) electrons. The van der Waals surface area contributed by atoms with Crippen LogP contribution in [0, 0.1) is 6.92 Å². The number of anilines is 1. The Balaban J connectivity index is 1.68.